The van der Waals surface area contributed by atoms with Gasteiger partial charge in [-0.3, -0.25) is 0 Å². The van der Waals surface area contributed by atoms with E-state index in [0.29, 0.717) is 0 Å². The number of ether oxygens (including phenoxy) is 1. The second kappa shape index (κ2) is 7.68. The minimum atomic E-state index is 0.285. The fourth-order valence-electron chi connectivity index (χ4n) is 1.79. The quantitative estimate of drug-likeness (QED) is 0.693. The molecule has 1 heteroatoms. The third kappa shape index (κ3) is 5.86. The molecule has 0 aliphatic heterocycles. The molecule has 2 rings (SSSR count). The topological polar surface area (TPSA) is 9.23 Å². The van der Waals surface area contributed by atoms with Crippen LogP contribution >= 0.6 is 0 Å². The Kier molecular flexibility index (Phi) is 6.23. The van der Waals surface area contributed by atoms with Crippen molar-refractivity contribution in [3.63, 3.8) is 0 Å². The van der Waals surface area contributed by atoms with E-state index in [9.17, 15) is 0 Å². The first-order valence-corrected chi connectivity index (χ1v) is 7.20. The third-order valence-electron chi connectivity index (χ3n) is 3.27. The Bertz CT molecular complexity index is 542. The Balaban J connectivity index is 0.000000211. The molecule has 0 aliphatic carbocycles. The van der Waals surface area contributed by atoms with Gasteiger partial charge in [-0.1, -0.05) is 75.4 Å². The molecule has 0 aromatic heterocycles. The molecule has 0 amide bonds. The van der Waals surface area contributed by atoms with Gasteiger partial charge in [0.05, 0.1) is 7.11 Å². The maximum absolute atomic E-state index is 4.98. The van der Waals surface area contributed by atoms with Gasteiger partial charge in [-0.25, -0.2) is 0 Å². The van der Waals surface area contributed by atoms with Crippen LogP contribution in [-0.2, 0) is 5.41 Å². The molecule has 112 valence electrons. The van der Waals surface area contributed by atoms with Crippen molar-refractivity contribution in [2.75, 3.05) is 7.11 Å². The molecule has 0 fully saturated rings. The van der Waals surface area contributed by atoms with E-state index in [1.54, 1.807) is 13.2 Å². The van der Waals surface area contributed by atoms with Crippen molar-refractivity contribution in [3.05, 3.63) is 71.8 Å². The van der Waals surface area contributed by atoms with E-state index in [1.165, 1.54) is 11.1 Å². The van der Waals surface area contributed by atoms with E-state index in [0.717, 1.165) is 11.3 Å². The first-order chi connectivity index (χ1) is 9.86. The molecule has 21 heavy (non-hydrogen) atoms. The molecule has 0 radical (unpaired) electrons. The minimum Gasteiger partial charge on any atom is -0.497 e. The van der Waals surface area contributed by atoms with Crippen molar-refractivity contribution in [1.82, 2.24) is 0 Å². The van der Waals surface area contributed by atoms with Crippen molar-refractivity contribution >= 4 is 6.08 Å². The first kappa shape index (κ1) is 17.0. The van der Waals surface area contributed by atoms with Crippen molar-refractivity contribution in [2.24, 2.45) is 0 Å². The van der Waals surface area contributed by atoms with Gasteiger partial charge in [0.15, 0.2) is 0 Å². The number of rotatable bonds is 2. The summed E-state index contributed by atoms with van der Waals surface area (Å²) in [6.45, 7) is 12.5. The second-order valence-electron chi connectivity index (χ2n) is 6.09. The molecule has 1 nitrogen and oxygen atoms in total. The lowest BCUT2D eigenvalue weighted by atomic mass is 9.87. The van der Waals surface area contributed by atoms with Crippen LogP contribution in [0, 0.1) is 6.92 Å². The lowest BCUT2D eigenvalue weighted by molar-refractivity contribution is 0.415. The Labute approximate surface area is 129 Å². The SMILES string of the molecule is C=Cc1ccc(OC)cc1.Cc1ccc(C(C)(C)C)cc1. The van der Waals surface area contributed by atoms with Gasteiger partial charge in [0, 0.05) is 0 Å². The van der Waals surface area contributed by atoms with Crippen LogP contribution in [0.4, 0.5) is 0 Å². The van der Waals surface area contributed by atoms with Crippen LogP contribution in [0.15, 0.2) is 55.1 Å². The van der Waals surface area contributed by atoms with Crippen LogP contribution in [0.1, 0.15) is 37.5 Å². The van der Waals surface area contributed by atoms with Crippen molar-refractivity contribution in [1.29, 1.82) is 0 Å². The average Bonchev–Trinajstić information content (AvgIpc) is 2.47. The average molecular weight is 282 g/mol. The van der Waals surface area contributed by atoms with E-state index in [2.05, 4.69) is 58.5 Å². The van der Waals surface area contributed by atoms with Crippen LogP contribution in [0.3, 0.4) is 0 Å². The Morgan fingerprint density at radius 2 is 1.43 bits per heavy atom. The standard InChI is InChI=1S/C11H16.C9H10O/c1-9-5-7-10(8-6-9)11(2,3)4;1-3-8-4-6-9(10-2)7-5-8/h5-8H,1-4H3;3-7H,1H2,2H3. The number of methoxy groups -OCH3 is 1. The van der Waals surface area contributed by atoms with Crippen molar-refractivity contribution in [3.8, 4) is 5.75 Å². The smallest absolute Gasteiger partial charge is 0.118 e. The summed E-state index contributed by atoms with van der Waals surface area (Å²) in [6.07, 6.45) is 1.80. The number of aryl methyl sites for hydroxylation is 1. The Morgan fingerprint density at radius 3 is 1.81 bits per heavy atom. The molecule has 0 heterocycles. The molecule has 2 aromatic rings. The van der Waals surface area contributed by atoms with Gasteiger partial charge in [-0.15, -0.1) is 0 Å². The number of hydrogen-bond donors (Lipinski definition) is 0. The summed E-state index contributed by atoms with van der Waals surface area (Å²) in [6, 6.07) is 16.5. The molecule has 0 bridgehead atoms. The van der Waals surface area contributed by atoms with E-state index >= 15 is 0 Å². The molecule has 0 atom stereocenters. The molecular weight excluding hydrogens is 256 g/mol. The highest BCUT2D eigenvalue weighted by molar-refractivity contribution is 5.48. The summed E-state index contributed by atoms with van der Waals surface area (Å²) in [7, 11) is 1.66. The Hall–Kier alpha value is -2.02. The summed E-state index contributed by atoms with van der Waals surface area (Å²) in [5.41, 5.74) is 4.13. The molecule has 0 unspecified atom stereocenters. The fraction of sp³-hybridized carbons (Fsp3) is 0.300. The number of hydrogen-bond acceptors (Lipinski definition) is 1. The van der Waals surface area contributed by atoms with E-state index in [1.807, 2.05) is 24.3 Å². The van der Waals surface area contributed by atoms with Gasteiger partial charge in [-0.05, 0) is 35.6 Å². The summed E-state index contributed by atoms with van der Waals surface area (Å²) >= 11 is 0. The molecule has 0 saturated heterocycles. The molecule has 0 aliphatic rings. The van der Waals surface area contributed by atoms with Crippen LogP contribution < -0.4 is 4.74 Å². The predicted octanol–water partition coefficient (Wildman–Crippen LogP) is 5.63. The van der Waals surface area contributed by atoms with Gasteiger partial charge in [0.25, 0.3) is 0 Å². The third-order valence-corrected chi connectivity index (χ3v) is 3.27. The molecule has 2 aromatic carbocycles. The largest absolute Gasteiger partial charge is 0.497 e. The number of benzene rings is 2. The van der Waals surface area contributed by atoms with E-state index in [-0.39, 0.29) is 5.41 Å². The molecule has 0 spiro atoms. The van der Waals surface area contributed by atoms with Gasteiger partial charge in [0.2, 0.25) is 0 Å². The van der Waals surface area contributed by atoms with Gasteiger partial charge in [-0.2, -0.15) is 0 Å². The minimum absolute atomic E-state index is 0.285. The summed E-state index contributed by atoms with van der Waals surface area (Å²) in [4.78, 5) is 0. The lowest BCUT2D eigenvalue weighted by Crippen LogP contribution is -2.10. The zero-order valence-electron chi connectivity index (χ0n) is 13.8. The van der Waals surface area contributed by atoms with E-state index < -0.39 is 0 Å². The highest BCUT2D eigenvalue weighted by Crippen LogP contribution is 2.21. The van der Waals surface area contributed by atoms with Gasteiger partial charge in [0.1, 0.15) is 5.75 Å². The highest BCUT2D eigenvalue weighted by Gasteiger charge is 2.11. The molecule has 0 N–H and O–H groups in total. The summed E-state index contributed by atoms with van der Waals surface area (Å²) < 4.78 is 4.98. The zero-order valence-corrected chi connectivity index (χ0v) is 13.8. The van der Waals surface area contributed by atoms with Crippen LogP contribution in [0.5, 0.6) is 5.75 Å². The zero-order chi connectivity index (χ0) is 15.9. The maximum atomic E-state index is 4.98. The summed E-state index contributed by atoms with van der Waals surface area (Å²) in [5, 5.41) is 0. The summed E-state index contributed by atoms with van der Waals surface area (Å²) in [5.74, 6) is 0.880. The normalized spacial score (nSPS) is 10.3. The maximum Gasteiger partial charge on any atom is 0.118 e. The van der Waals surface area contributed by atoms with Crippen molar-refractivity contribution in [2.45, 2.75) is 33.1 Å². The molecule has 0 saturated carbocycles. The van der Waals surface area contributed by atoms with Crippen LogP contribution in [-0.4, -0.2) is 7.11 Å². The Morgan fingerprint density at radius 1 is 0.905 bits per heavy atom. The predicted molar refractivity (Wildman–Crippen MR) is 93.0 cm³/mol. The molecular formula is C20H26O. The van der Waals surface area contributed by atoms with Gasteiger partial charge >= 0.3 is 0 Å². The monoisotopic (exact) mass is 282 g/mol. The highest BCUT2D eigenvalue weighted by atomic mass is 16.5. The van der Waals surface area contributed by atoms with Gasteiger partial charge < -0.3 is 4.74 Å². The van der Waals surface area contributed by atoms with Crippen LogP contribution in [0.25, 0.3) is 6.08 Å². The second-order valence-corrected chi connectivity index (χ2v) is 6.09. The van der Waals surface area contributed by atoms with E-state index in [4.69, 9.17) is 4.74 Å². The fourth-order valence-corrected chi connectivity index (χ4v) is 1.79. The first-order valence-electron chi connectivity index (χ1n) is 7.20. The van der Waals surface area contributed by atoms with Crippen LogP contribution in [0.2, 0.25) is 0 Å². The van der Waals surface area contributed by atoms with Crippen molar-refractivity contribution < 1.29 is 4.74 Å². The lowest BCUT2D eigenvalue weighted by Gasteiger charge is -2.18.